The number of carbonyl (C=O) groups excluding carboxylic acids is 1. The highest BCUT2D eigenvalue weighted by molar-refractivity contribution is 8.00. The van der Waals surface area contributed by atoms with Crippen LogP contribution in [-0.2, 0) is 11.2 Å². The minimum Gasteiger partial charge on any atom is -0.368 e. The van der Waals surface area contributed by atoms with Crippen molar-refractivity contribution in [1.82, 2.24) is 10.3 Å². The maximum atomic E-state index is 12.4. The molecule has 8 heteroatoms. The van der Waals surface area contributed by atoms with E-state index in [-0.39, 0.29) is 0 Å². The fraction of sp³-hybridized carbons (Fsp3) is 0.462. The van der Waals surface area contributed by atoms with Gasteiger partial charge in [0, 0.05) is 19.6 Å². The highest BCUT2D eigenvalue weighted by atomic mass is 32.2. The van der Waals surface area contributed by atoms with Crippen LogP contribution in [0.5, 0.6) is 0 Å². The van der Waals surface area contributed by atoms with Crippen molar-refractivity contribution in [3.05, 3.63) is 58.4 Å². The summed E-state index contributed by atoms with van der Waals surface area (Å²) >= 11 is 1.20. The Balaban J connectivity index is 1.72. The molecule has 1 spiro atoms. The lowest BCUT2D eigenvalue weighted by atomic mass is 9.73. The summed E-state index contributed by atoms with van der Waals surface area (Å²) in [6.45, 7) is 13.6. The number of carbonyl (C=O) groups is 1. The van der Waals surface area contributed by atoms with Gasteiger partial charge in [-0.15, -0.1) is 0 Å². The van der Waals surface area contributed by atoms with Gasteiger partial charge in [0.25, 0.3) is 0 Å². The number of nitriles is 1. The van der Waals surface area contributed by atoms with Crippen molar-refractivity contribution in [3.8, 4) is 6.07 Å². The number of anilines is 1. The van der Waals surface area contributed by atoms with Crippen LogP contribution in [0, 0.1) is 23.3 Å². The number of rotatable bonds is 6. The van der Waals surface area contributed by atoms with Crippen LogP contribution in [0.25, 0.3) is 4.85 Å². The molecule has 1 aromatic heterocycles. The van der Waals surface area contributed by atoms with E-state index in [9.17, 15) is 10.1 Å². The molecular weight excluding hydrogens is 444 g/mol. The molecule has 2 fully saturated rings. The smallest absolute Gasteiger partial charge is 0.235 e. The van der Waals surface area contributed by atoms with E-state index in [2.05, 4.69) is 21.1 Å². The fourth-order valence-corrected chi connectivity index (χ4v) is 6.21. The lowest BCUT2D eigenvalue weighted by Gasteiger charge is -2.45. The molecule has 2 saturated heterocycles. The van der Waals surface area contributed by atoms with Gasteiger partial charge in [0.1, 0.15) is 22.2 Å². The number of pyridine rings is 1. The van der Waals surface area contributed by atoms with E-state index >= 15 is 0 Å². The third kappa shape index (κ3) is 4.75. The van der Waals surface area contributed by atoms with Crippen LogP contribution in [0.3, 0.4) is 0 Å². The molecule has 2 aliphatic heterocycles. The molecule has 7 nitrogen and oxygen atoms in total. The Bertz CT molecular complexity index is 1120. The van der Waals surface area contributed by atoms with Crippen molar-refractivity contribution in [2.24, 2.45) is 11.1 Å². The Morgan fingerprint density at radius 2 is 2.09 bits per heavy atom. The van der Waals surface area contributed by atoms with Gasteiger partial charge in [-0.05, 0) is 55.2 Å². The van der Waals surface area contributed by atoms with Crippen molar-refractivity contribution >= 4 is 29.2 Å². The minimum absolute atomic E-state index is 0.329. The van der Waals surface area contributed by atoms with Crippen LogP contribution in [0.4, 0.5) is 11.5 Å². The minimum atomic E-state index is -0.671. The number of aromatic nitrogens is 1. The molecule has 4 rings (SSSR count). The number of primary amides is 1. The second-order valence-corrected chi connectivity index (χ2v) is 10.2. The van der Waals surface area contributed by atoms with Crippen LogP contribution in [0.2, 0.25) is 0 Å². The average molecular weight is 475 g/mol. The Morgan fingerprint density at radius 3 is 2.65 bits per heavy atom. The number of piperidine rings is 2. The van der Waals surface area contributed by atoms with Crippen LogP contribution >= 0.6 is 11.8 Å². The molecule has 0 radical (unpaired) electrons. The standard InChI is InChI=1S/C26H30N6OS/c1-3-19-20(16-27)25(34-22(23(28)33)18-8-5-4-6-9-18)31-24(21(19)29-2)32-14-11-26(12-15-32)10-7-13-30-17-26/h4-6,8-9,22,30H,3,7,10-15,17H2,1H3,(H2,28,33). The maximum Gasteiger partial charge on any atom is 0.235 e. The highest BCUT2D eigenvalue weighted by Gasteiger charge is 2.37. The molecule has 0 bridgehead atoms. The second-order valence-electron chi connectivity index (χ2n) is 9.10. The van der Waals surface area contributed by atoms with Crippen molar-refractivity contribution < 1.29 is 4.79 Å². The van der Waals surface area contributed by atoms with Gasteiger partial charge in [-0.25, -0.2) is 9.83 Å². The molecule has 1 unspecified atom stereocenters. The molecule has 1 aromatic carbocycles. The van der Waals surface area contributed by atoms with E-state index in [1.54, 1.807) is 0 Å². The summed E-state index contributed by atoms with van der Waals surface area (Å²) < 4.78 is 0. The van der Waals surface area contributed by atoms with Gasteiger partial charge < -0.3 is 16.0 Å². The van der Waals surface area contributed by atoms with Gasteiger partial charge >= 0.3 is 0 Å². The molecular formula is C26H30N6OS. The zero-order chi connectivity index (χ0) is 24.1. The number of amides is 1. The van der Waals surface area contributed by atoms with Crippen LogP contribution in [0.1, 0.15) is 54.5 Å². The summed E-state index contributed by atoms with van der Waals surface area (Å²) in [5.41, 5.74) is 8.38. The predicted molar refractivity (Wildman–Crippen MR) is 135 cm³/mol. The Morgan fingerprint density at radius 1 is 1.35 bits per heavy atom. The molecule has 0 aliphatic carbocycles. The summed E-state index contributed by atoms with van der Waals surface area (Å²) in [6, 6.07) is 11.6. The predicted octanol–water partition coefficient (Wildman–Crippen LogP) is 4.36. The van der Waals surface area contributed by atoms with Crippen molar-refractivity contribution in [2.75, 3.05) is 31.1 Å². The van der Waals surface area contributed by atoms with E-state index in [4.69, 9.17) is 17.3 Å². The third-order valence-corrected chi connectivity index (χ3v) is 8.33. The van der Waals surface area contributed by atoms with Gasteiger partial charge in [0.05, 0.1) is 12.1 Å². The van der Waals surface area contributed by atoms with E-state index in [0.717, 1.165) is 44.6 Å². The second kappa shape index (κ2) is 10.5. The lowest BCUT2D eigenvalue weighted by Crippen LogP contribution is -2.48. The Labute approximate surface area is 205 Å². The van der Waals surface area contributed by atoms with Crippen LogP contribution < -0.4 is 16.0 Å². The fourth-order valence-electron chi connectivity index (χ4n) is 5.15. The summed E-state index contributed by atoms with van der Waals surface area (Å²) in [5, 5.41) is 13.3. The van der Waals surface area contributed by atoms with E-state index < -0.39 is 11.2 Å². The van der Waals surface area contributed by atoms with Crippen molar-refractivity contribution in [1.29, 1.82) is 5.26 Å². The summed E-state index contributed by atoms with van der Waals surface area (Å²) in [4.78, 5) is 23.2. The summed E-state index contributed by atoms with van der Waals surface area (Å²) in [5.74, 6) is 0.142. The monoisotopic (exact) mass is 474 g/mol. The van der Waals surface area contributed by atoms with Crippen LogP contribution in [0.15, 0.2) is 35.4 Å². The first-order chi connectivity index (χ1) is 16.5. The maximum absolute atomic E-state index is 12.4. The summed E-state index contributed by atoms with van der Waals surface area (Å²) in [7, 11) is 0. The number of thioether (sulfide) groups is 1. The number of nitrogens with two attached hydrogens (primary N) is 1. The molecule has 2 aliphatic rings. The number of hydrogen-bond donors (Lipinski definition) is 2. The van der Waals surface area contributed by atoms with Gasteiger partial charge in [-0.1, -0.05) is 49.0 Å². The molecule has 1 amide bonds. The molecule has 1 atom stereocenters. The quantitative estimate of drug-likeness (QED) is 0.477. The summed E-state index contributed by atoms with van der Waals surface area (Å²) in [6.07, 6.45) is 5.09. The number of hydrogen-bond acceptors (Lipinski definition) is 6. The normalized spacial score (nSPS) is 18.1. The van der Waals surface area contributed by atoms with Gasteiger partial charge in [0.15, 0.2) is 0 Å². The van der Waals surface area contributed by atoms with E-state index in [1.165, 1.54) is 24.6 Å². The molecule has 3 heterocycles. The topological polar surface area (TPSA) is 99.4 Å². The van der Waals surface area contributed by atoms with Gasteiger partial charge in [0.2, 0.25) is 11.6 Å². The molecule has 176 valence electrons. The number of nitrogens with one attached hydrogen (secondary N) is 1. The Kier molecular flexibility index (Phi) is 7.41. The first-order valence-electron chi connectivity index (χ1n) is 11.8. The SMILES string of the molecule is [C-]#[N+]c1c(N2CCC3(CCCNC3)CC2)nc(SC(C(N)=O)c2ccccc2)c(C#N)c1CC. The zero-order valence-corrected chi connectivity index (χ0v) is 20.3. The molecule has 2 aromatic rings. The average Bonchev–Trinajstić information content (AvgIpc) is 2.87. The van der Waals surface area contributed by atoms with Crippen molar-refractivity contribution in [3.63, 3.8) is 0 Å². The third-order valence-electron chi connectivity index (χ3n) is 7.07. The highest BCUT2D eigenvalue weighted by Crippen LogP contribution is 2.45. The van der Waals surface area contributed by atoms with Gasteiger partial charge in [-0.2, -0.15) is 5.26 Å². The van der Waals surface area contributed by atoms with Crippen LogP contribution in [-0.4, -0.2) is 37.1 Å². The molecule has 3 N–H and O–H groups in total. The molecule has 0 saturated carbocycles. The van der Waals surface area contributed by atoms with Gasteiger partial charge in [-0.3, -0.25) is 4.79 Å². The largest absolute Gasteiger partial charge is 0.368 e. The van der Waals surface area contributed by atoms with Crippen molar-refractivity contribution in [2.45, 2.75) is 49.3 Å². The lowest BCUT2D eigenvalue weighted by molar-refractivity contribution is -0.117. The number of nitrogens with zero attached hydrogens (tertiary/aromatic N) is 4. The van der Waals surface area contributed by atoms with E-state index in [1.807, 2.05) is 37.3 Å². The first-order valence-corrected chi connectivity index (χ1v) is 12.7. The molecule has 34 heavy (non-hydrogen) atoms. The Hall–Kier alpha value is -3.07. The first kappa shape index (κ1) is 24.1. The number of benzene rings is 1. The van der Waals surface area contributed by atoms with E-state index in [0.29, 0.717) is 39.5 Å². The zero-order valence-electron chi connectivity index (χ0n) is 19.5.